The van der Waals surface area contributed by atoms with Gasteiger partial charge in [0.1, 0.15) is 17.0 Å². The minimum Gasteiger partial charge on any atom is -0.494 e. The van der Waals surface area contributed by atoms with Gasteiger partial charge in [-0.05, 0) is 49.4 Å². The lowest BCUT2D eigenvalue weighted by atomic mass is 10.2. The minimum absolute atomic E-state index is 0.0968. The highest BCUT2D eigenvalue weighted by Gasteiger charge is 2.11. The average Bonchev–Trinajstić information content (AvgIpc) is 2.56. The number of hydrogen-bond donors (Lipinski definition) is 1. The fourth-order valence-corrected chi connectivity index (χ4v) is 2.50. The van der Waals surface area contributed by atoms with Crippen LogP contribution in [0.2, 0.25) is 0 Å². The van der Waals surface area contributed by atoms with Gasteiger partial charge < -0.3 is 14.5 Å². The summed E-state index contributed by atoms with van der Waals surface area (Å²) in [6, 6.07) is 13.6. The third kappa shape index (κ3) is 3.49. The van der Waals surface area contributed by atoms with Crippen LogP contribution in [0.25, 0.3) is 11.0 Å². The van der Waals surface area contributed by atoms with Crippen molar-refractivity contribution < 1.29 is 13.9 Å². The highest BCUT2D eigenvalue weighted by molar-refractivity contribution is 9.10. The molecule has 0 radical (unpaired) electrons. The molecule has 1 heterocycles. The lowest BCUT2D eigenvalue weighted by molar-refractivity contribution is 0.102. The lowest BCUT2D eigenvalue weighted by Crippen LogP contribution is -2.17. The van der Waals surface area contributed by atoms with E-state index in [1.807, 2.05) is 6.92 Å². The van der Waals surface area contributed by atoms with Crippen LogP contribution in [0.3, 0.4) is 0 Å². The van der Waals surface area contributed by atoms with Gasteiger partial charge >= 0.3 is 5.63 Å². The molecule has 3 rings (SSSR count). The van der Waals surface area contributed by atoms with Crippen LogP contribution in [0.15, 0.2) is 62.2 Å². The molecule has 24 heavy (non-hydrogen) atoms. The number of nitrogens with one attached hydrogen (secondary N) is 1. The first-order chi connectivity index (χ1) is 11.6. The van der Waals surface area contributed by atoms with Crippen molar-refractivity contribution in [3.63, 3.8) is 0 Å². The Morgan fingerprint density at radius 2 is 1.92 bits per heavy atom. The highest BCUT2D eigenvalue weighted by atomic mass is 79.9. The van der Waals surface area contributed by atoms with Gasteiger partial charge in [-0.15, -0.1) is 0 Å². The van der Waals surface area contributed by atoms with Crippen LogP contribution in [-0.4, -0.2) is 12.5 Å². The topological polar surface area (TPSA) is 68.5 Å². The second-order valence-corrected chi connectivity index (χ2v) is 5.96. The number of amides is 1. The number of ether oxygens (including phenoxy) is 1. The van der Waals surface area contributed by atoms with Crippen molar-refractivity contribution in [1.82, 2.24) is 0 Å². The fraction of sp³-hybridized carbons (Fsp3) is 0.111. The molecule has 1 amide bonds. The molecule has 0 bridgehead atoms. The molecule has 122 valence electrons. The predicted molar refractivity (Wildman–Crippen MR) is 95.7 cm³/mol. The van der Waals surface area contributed by atoms with Crippen LogP contribution in [0.1, 0.15) is 17.3 Å². The van der Waals surface area contributed by atoms with Crippen molar-refractivity contribution in [2.75, 3.05) is 11.9 Å². The molecule has 0 saturated carbocycles. The molecule has 0 fully saturated rings. The van der Waals surface area contributed by atoms with Crippen molar-refractivity contribution in [3.8, 4) is 5.75 Å². The lowest BCUT2D eigenvalue weighted by Gasteiger charge is -2.07. The molecule has 1 aromatic heterocycles. The van der Waals surface area contributed by atoms with Gasteiger partial charge in [0.05, 0.1) is 6.61 Å². The Hall–Kier alpha value is -2.60. The van der Waals surface area contributed by atoms with Crippen molar-refractivity contribution >= 4 is 38.5 Å². The Morgan fingerprint density at radius 3 is 2.62 bits per heavy atom. The number of carbonyl (C=O) groups excluding carboxylic acids is 1. The molecule has 0 saturated heterocycles. The predicted octanol–water partition coefficient (Wildman–Crippen LogP) is 4.21. The van der Waals surface area contributed by atoms with Gasteiger partial charge in [-0.1, -0.05) is 15.9 Å². The van der Waals surface area contributed by atoms with Gasteiger partial charge in [-0.3, -0.25) is 4.79 Å². The number of hydrogen-bond acceptors (Lipinski definition) is 4. The Kier molecular flexibility index (Phi) is 4.66. The zero-order valence-corrected chi connectivity index (χ0v) is 14.4. The first kappa shape index (κ1) is 16.3. The molecule has 1 N–H and O–H groups in total. The first-order valence-corrected chi connectivity index (χ1v) is 8.14. The van der Waals surface area contributed by atoms with Gasteiger partial charge in [0.25, 0.3) is 5.91 Å². The number of benzene rings is 2. The number of fused-ring (bicyclic) bond motifs is 1. The van der Waals surface area contributed by atoms with E-state index in [1.54, 1.807) is 48.5 Å². The Labute approximate surface area is 146 Å². The molecule has 0 unspecified atom stereocenters. The molecular formula is C18H14BrNO4. The summed E-state index contributed by atoms with van der Waals surface area (Å²) in [5, 5.41) is 3.28. The second-order valence-electron chi connectivity index (χ2n) is 5.04. The van der Waals surface area contributed by atoms with Gasteiger partial charge in [0.2, 0.25) is 0 Å². The summed E-state index contributed by atoms with van der Waals surface area (Å²) in [4.78, 5) is 24.3. The Bertz CT molecular complexity index is 947. The van der Waals surface area contributed by atoms with Crippen molar-refractivity contribution in [2.45, 2.75) is 6.92 Å². The van der Waals surface area contributed by atoms with E-state index in [0.717, 1.165) is 4.47 Å². The molecule has 3 aromatic rings. The molecule has 5 nitrogen and oxygen atoms in total. The zero-order chi connectivity index (χ0) is 17.1. The van der Waals surface area contributed by atoms with Crippen LogP contribution >= 0.6 is 15.9 Å². The summed E-state index contributed by atoms with van der Waals surface area (Å²) < 4.78 is 11.5. The maximum Gasteiger partial charge on any atom is 0.360 e. The van der Waals surface area contributed by atoms with Crippen LogP contribution < -0.4 is 15.7 Å². The van der Waals surface area contributed by atoms with Crippen molar-refractivity contribution in [3.05, 3.63) is 69.0 Å². The van der Waals surface area contributed by atoms with Gasteiger partial charge in [-0.25, -0.2) is 4.79 Å². The molecule has 0 spiro atoms. The quantitative estimate of drug-likeness (QED) is 0.680. The molecule has 0 atom stereocenters. The maximum absolute atomic E-state index is 12.2. The fourth-order valence-electron chi connectivity index (χ4n) is 2.23. The maximum atomic E-state index is 12.2. The van der Waals surface area contributed by atoms with E-state index in [-0.39, 0.29) is 11.6 Å². The van der Waals surface area contributed by atoms with Gasteiger partial charge in [0, 0.05) is 21.5 Å². The smallest absolute Gasteiger partial charge is 0.360 e. The summed E-state index contributed by atoms with van der Waals surface area (Å²) in [7, 11) is 0. The molecule has 0 aliphatic heterocycles. The molecule has 6 heteroatoms. The summed E-state index contributed by atoms with van der Waals surface area (Å²) in [5.41, 5.74) is 0.346. The summed E-state index contributed by atoms with van der Waals surface area (Å²) in [5.74, 6) is 0.250. The normalized spacial score (nSPS) is 10.6. The van der Waals surface area contributed by atoms with Crippen molar-refractivity contribution in [1.29, 1.82) is 0 Å². The van der Waals surface area contributed by atoms with Crippen molar-refractivity contribution in [2.24, 2.45) is 0 Å². The minimum atomic E-state index is -0.610. The SMILES string of the molecule is CCOc1ccc2cc(NC(=O)c3ccc(Br)cc3)c(=O)oc2c1. The van der Waals surface area contributed by atoms with E-state index in [1.165, 1.54) is 0 Å². The number of halogens is 1. The number of anilines is 1. The second kappa shape index (κ2) is 6.88. The molecule has 0 aliphatic carbocycles. The summed E-state index contributed by atoms with van der Waals surface area (Å²) in [6.45, 7) is 2.40. The van der Waals surface area contributed by atoms with Gasteiger partial charge in [-0.2, -0.15) is 0 Å². The third-order valence-corrected chi connectivity index (χ3v) is 3.90. The largest absolute Gasteiger partial charge is 0.494 e. The molecule has 2 aromatic carbocycles. The van der Waals surface area contributed by atoms with Crippen LogP contribution in [-0.2, 0) is 0 Å². The molecular weight excluding hydrogens is 374 g/mol. The van der Waals surface area contributed by atoms with E-state index in [4.69, 9.17) is 9.15 Å². The average molecular weight is 388 g/mol. The van der Waals surface area contributed by atoms with Crippen LogP contribution in [0.4, 0.5) is 5.69 Å². The van der Waals surface area contributed by atoms with E-state index in [2.05, 4.69) is 21.2 Å². The van der Waals surface area contributed by atoms with E-state index in [0.29, 0.717) is 28.9 Å². The van der Waals surface area contributed by atoms with Gasteiger partial charge in [0.15, 0.2) is 0 Å². The van der Waals surface area contributed by atoms with E-state index in [9.17, 15) is 9.59 Å². The standard InChI is InChI=1S/C18H14BrNO4/c1-2-23-14-8-5-12-9-15(18(22)24-16(12)10-14)20-17(21)11-3-6-13(19)7-4-11/h3-10H,2H2,1H3,(H,20,21). The number of carbonyl (C=O) groups is 1. The first-order valence-electron chi connectivity index (χ1n) is 7.34. The Balaban J connectivity index is 1.90. The molecule has 0 aliphatic rings. The van der Waals surface area contributed by atoms with E-state index < -0.39 is 5.63 Å². The van der Waals surface area contributed by atoms with Crippen LogP contribution in [0.5, 0.6) is 5.75 Å². The third-order valence-electron chi connectivity index (χ3n) is 3.37. The number of rotatable bonds is 4. The summed E-state index contributed by atoms with van der Waals surface area (Å²) in [6.07, 6.45) is 0. The monoisotopic (exact) mass is 387 g/mol. The Morgan fingerprint density at radius 1 is 1.17 bits per heavy atom. The zero-order valence-electron chi connectivity index (χ0n) is 12.8. The van der Waals surface area contributed by atoms with E-state index >= 15 is 0 Å². The van der Waals surface area contributed by atoms with Crippen LogP contribution in [0, 0.1) is 0 Å². The summed E-state index contributed by atoms with van der Waals surface area (Å²) >= 11 is 3.31. The highest BCUT2D eigenvalue weighted by Crippen LogP contribution is 2.22.